The standard InChI is InChI=1S/C34H41ClN2O6S.C11H24N2O.CH4/c1-22-6-4-15-34(20-38,42-3)29-11-8-26(29)18-37-19-33(14-5-7-24-16-27(35)10-12-28(24)33)21-43-31-13-9-25(17-30(31)37)32(39)36-44(40,41)23(22)2;1-3-8-13(9-10-14-2)11-4-6-12-7-5-11;/h4,9-10,12-13,15-17,20,22-23,26,29H,5-8,11,14,18-19,21H2,1-3H3,(H,36,39);11-12H,3-10H2,1-2H3;1H4/b15-4+;;/t22-,23+,26-,29+,33-,34+;;/m0../s1. The number of allylic oxidation sites excluding steroid dienone is 1. The van der Waals surface area contributed by atoms with Crippen molar-refractivity contribution in [3.8, 4) is 5.75 Å². The van der Waals surface area contributed by atoms with Crippen LogP contribution in [-0.4, -0.2) is 109 Å². The second kappa shape index (κ2) is 20.7. The summed E-state index contributed by atoms with van der Waals surface area (Å²) in [5.41, 5.74) is 2.05. The average Bonchev–Trinajstić information content (AvgIpc) is 3.36. The van der Waals surface area contributed by atoms with Crippen LogP contribution < -0.4 is 19.7 Å². The highest BCUT2D eigenvalue weighted by atomic mass is 35.5. The number of nitrogens with one attached hydrogen (secondary N) is 2. The first-order valence-electron chi connectivity index (χ1n) is 21.4. The van der Waals surface area contributed by atoms with Gasteiger partial charge in [-0.15, -0.1) is 0 Å². The number of hydrogen-bond donors (Lipinski definition) is 2. The number of rotatable bonds is 8. The molecular formula is C46H69ClN4O7S. The molecule has 2 bridgehead atoms. The van der Waals surface area contributed by atoms with E-state index in [1.54, 1.807) is 39.3 Å². The number of carbonyl (C=O) groups excluding carboxylic acids is 2. The van der Waals surface area contributed by atoms with Gasteiger partial charge in [-0.25, -0.2) is 13.1 Å². The molecule has 7 rings (SSSR count). The second-order valence-corrected chi connectivity index (χ2v) is 19.7. The minimum absolute atomic E-state index is 0. The zero-order chi connectivity index (χ0) is 41.5. The smallest absolute Gasteiger partial charge is 0.264 e. The van der Waals surface area contributed by atoms with Crippen LogP contribution in [0.5, 0.6) is 5.75 Å². The van der Waals surface area contributed by atoms with Crippen molar-refractivity contribution in [2.45, 2.75) is 108 Å². The largest absolute Gasteiger partial charge is 0.490 e. The first kappa shape index (κ1) is 47.1. The maximum atomic E-state index is 13.4. The lowest BCUT2D eigenvalue weighted by molar-refractivity contribution is -0.135. The normalized spacial score (nSPS) is 29.8. The Labute approximate surface area is 359 Å². The molecule has 59 heavy (non-hydrogen) atoms. The topological polar surface area (TPSA) is 127 Å². The number of piperidine rings is 1. The summed E-state index contributed by atoms with van der Waals surface area (Å²) in [5, 5.41) is 3.29. The van der Waals surface area contributed by atoms with E-state index in [2.05, 4.69) is 38.9 Å². The molecule has 0 radical (unpaired) electrons. The molecule has 0 aromatic heterocycles. The molecule has 6 atom stereocenters. The second-order valence-electron chi connectivity index (χ2n) is 17.2. The minimum atomic E-state index is -3.97. The van der Waals surface area contributed by atoms with Gasteiger partial charge < -0.3 is 24.4 Å². The molecule has 2 aromatic carbocycles. The van der Waals surface area contributed by atoms with Gasteiger partial charge in [0.05, 0.1) is 24.2 Å². The zero-order valence-corrected chi connectivity index (χ0v) is 36.7. The third-order valence-corrected chi connectivity index (χ3v) is 15.8. The summed E-state index contributed by atoms with van der Waals surface area (Å²) in [7, 11) is -0.622. The molecule has 2 aliphatic carbocycles. The molecular weight excluding hydrogens is 788 g/mol. The number of methoxy groups -OCH3 is 2. The van der Waals surface area contributed by atoms with Crippen LogP contribution in [0.1, 0.15) is 101 Å². The Morgan fingerprint density at radius 1 is 1.07 bits per heavy atom. The van der Waals surface area contributed by atoms with Gasteiger partial charge in [-0.05, 0) is 144 Å². The number of carbonyl (C=O) groups is 2. The van der Waals surface area contributed by atoms with Crippen LogP contribution >= 0.6 is 11.6 Å². The van der Waals surface area contributed by atoms with Crippen molar-refractivity contribution in [1.29, 1.82) is 0 Å². The van der Waals surface area contributed by atoms with E-state index in [-0.39, 0.29) is 36.2 Å². The van der Waals surface area contributed by atoms with Crippen LogP contribution in [0.15, 0.2) is 48.6 Å². The molecule has 11 nitrogen and oxygen atoms in total. The van der Waals surface area contributed by atoms with Crippen LogP contribution in [-0.2, 0) is 36.1 Å². The molecule has 1 saturated heterocycles. The van der Waals surface area contributed by atoms with Crippen molar-refractivity contribution in [2.24, 2.45) is 17.8 Å². The maximum absolute atomic E-state index is 13.4. The lowest BCUT2D eigenvalue weighted by Gasteiger charge is -2.48. The van der Waals surface area contributed by atoms with E-state index in [4.69, 9.17) is 25.8 Å². The molecule has 5 aliphatic rings. The fraction of sp³-hybridized carbons (Fsp3) is 0.652. The Balaban J connectivity index is 0.000000376. The summed E-state index contributed by atoms with van der Waals surface area (Å²) in [4.78, 5) is 31.0. The van der Waals surface area contributed by atoms with Crippen molar-refractivity contribution >= 4 is 39.5 Å². The molecule has 1 spiro atoms. The molecule has 2 aromatic rings. The number of ether oxygens (including phenoxy) is 3. The van der Waals surface area contributed by atoms with E-state index in [0.717, 1.165) is 63.3 Å². The highest BCUT2D eigenvalue weighted by Crippen LogP contribution is 2.48. The maximum Gasteiger partial charge on any atom is 0.264 e. The van der Waals surface area contributed by atoms with Crippen LogP contribution in [0, 0.1) is 17.8 Å². The Hall–Kier alpha value is -3.00. The average molecular weight is 858 g/mol. The summed E-state index contributed by atoms with van der Waals surface area (Å²) >= 11 is 6.40. The number of hydrogen-bond acceptors (Lipinski definition) is 10. The predicted molar refractivity (Wildman–Crippen MR) is 237 cm³/mol. The van der Waals surface area contributed by atoms with Crippen molar-refractivity contribution in [1.82, 2.24) is 14.9 Å². The van der Waals surface area contributed by atoms with Gasteiger partial charge in [0.1, 0.15) is 11.4 Å². The van der Waals surface area contributed by atoms with Gasteiger partial charge in [0, 0.05) is 61.8 Å². The van der Waals surface area contributed by atoms with E-state index < -0.39 is 26.8 Å². The van der Waals surface area contributed by atoms with Crippen molar-refractivity contribution in [3.05, 3.63) is 70.3 Å². The fourth-order valence-electron chi connectivity index (χ4n) is 9.83. The van der Waals surface area contributed by atoms with Gasteiger partial charge >= 0.3 is 0 Å². The van der Waals surface area contributed by atoms with E-state index in [9.17, 15) is 18.0 Å². The third-order valence-electron chi connectivity index (χ3n) is 13.6. The lowest BCUT2D eigenvalue weighted by Crippen LogP contribution is -2.53. The molecule has 13 heteroatoms. The van der Waals surface area contributed by atoms with Gasteiger partial charge in [-0.2, -0.15) is 0 Å². The van der Waals surface area contributed by atoms with Crippen molar-refractivity contribution in [2.75, 3.05) is 71.6 Å². The Morgan fingerprint density at radius 2 is 1.85 bits per heavy atom. The fourth-order valence-corrected chi connectivity index (χ4v) is 11.3. The number of fused-ring (bicyclic) bond motifs is 4. The first-order chi connectivity index (χ1) is 27.9. The molecule has 328 valence electrons. The lowest BCUT2D eigenvalue weighted by atomic mass is 9.64. The van der Waals surface area contributed by atoms with Gasteiger partial charge in [0.2, 0.25) is 10.0 Å². The number of aldehydes is 1. The van der Waals surface area contributed by atoms with Gasteiger partial charge in [-0.3, -0.25) is 14.5 Å². The van der Waals surface area contributed by atoms with Crippen molar-refractivity contribution < 1.29 is 32.2 Å². The number of aryl methyl sites for hydroxylation is 1. The van der Waals surface area contributed by atoms with E-state index in [1.807, 2.05) is 25.1 Å². The summed E-state index contributed by atoms with van der Waals surface area (Å²) in [6.07, 6.45) is 13.5. The summed E-state index contributed by atoms with van der Waals surface area (Å²) in [6.45, 7) is 13.0. The van der Waals surface area contributed by atoms with Crippen molar-refractivity contribution in [3.63, 3.8) is 0 Å². The molecule has 3 heterocycles. The molecule has 1 saturated carbocycles. The number of halogens is 1. The molecule has 2 fully saturated rings. The minimum Gasteiger partial charge on any atom is -0.490 e. The number of sulfonamides is 1. The summed E-state index contributed by atoms with van der Waals surface area (Å²) in [5.74, 6) is -0.203. The van der Waals surface area contributed by atoms with E-state index >= 15 is 0 Å². The molecule has 1 amide bonds. The predicted octanol–water partition coefficient (Wildman–Crippen LogP) is 7.20. The summed E-state index contributed by atoms with van der Waals surface area (Å²) < 4.78 is 46.5. The Kier molecular flexibility index (Phi) is 16.5. The van der Waals surface area contributed by atoms with Crippen LogP contribution in [0.4, 0.5) is 5.69 Å². The van der Waals surface area contributed by atoms with Gasteiger partial charge in [0.15, 0.2) is 6.29 Å². The summed E-state index contributed by atoms with van der Waals surface area (Å²) in [6, 6.07) is 12.1. The van der Waals surface area contributed by atoms with Gasteiger partial charge in [-0.1, -0.05) is 45.0 Å². The number of anilines is 1. The number of benzene rings is 2. The molecule has 0 unspecified atom stereocenters. The zero-order valence-electron chi connectivity index (χ0n) is 35.1. The highest BCUT2D eigenvalue weighted by Gasteiger charge is 2.49. The molecule has 2 N–H and O–H groups in total. The number of amides is 1. The molecule has 3 aliphatic heterocycles. The Bertz CT molecular complexity index is 1870. The van der Waals surface area contributed by atoms with E-state index in [0.29, 0.717) is 36.9 Å². The SMILES string of the molecule is C.CCCN(CCOC)C1CCNCC1.CO[C@@]1(C=O)/C=C/C[C@H](C)[C@@H](C)S(=O)(=O)NC(=O)c2ccc3c(c2)N(C[C@@H]2CC[C@H]21)C[C@@]1(CCCc2cc(Cl)ccc21)CO3. The number of nitrogens with zero attached hydrogens (tertiary/aromatic N) is 2. The van der Waals surface area contributed by atoms with Crippen LogP contribution in [0.3, 0.4) is 0 Å². The Morgan fingerprint density at radius 3 is 2.53 bits per heavy atom. The van der Waals surface area contributed by atoms with Crippen LogP contribution in [0.25, 0.3) is 0 Å². The third kappa shape index (κ3) is 10.6. The first-order valence-corrected chi connectivity index (χ1v) is 23.3. The van der Waals surface area contributed by atoms with Gasteiger partial charge in [0.25, 0.3) is 5.91 Å². The van der Waals surface area contributed by atoms with Crippen LogP contribution in [0.2, 0.25) is 5.02 Å². The highest BCUT2D eigenvalue weighted by molar-refractivity contribution is 7.90. The van der Waals surface area contributed by atoms with E-state index in [1.165, 1.54) is 50.0 Å². The quantitative estimate of drug-likeness (QED) is 0.208. The monoisotopic (exact) mass is 856 g/mol.